The quantitative estimate of drug-likeness (QED) is 0.632. The fraction of sp³-hybridized carbons (Fsp3) is 0.250. The van der Waals surface area contributed by atoms with Crippen LogP contribution in [-0.2, 0) is 7.05 Å². The minimum atomic E-state index is -0.567. The monoisotopic (exact) mass is 265 g/mol. The van der Waals surface area contributed by atoms with Crippen LogP contribution in [0.5, 0.6) is 11.6 Å². The molecule has 0 aliphatic carbocycles. The Hall–Kier alpha value is -2.44. The molecule has 0 unspecified atom stereocenters. The molecular formula is C12H12FN3O3. The van der Waals surface area contributed by atoms with Crippen molar-refractivity contribution in [1.29, 1.82) is 0 Å². The van der Waals surface area contributed by atoms with Gasteiger partial charge in [-0.2, -0.15) is 5.10 Å². The Labute approximate surface area is 108 Å². The van der Waals surface area contributed by atoms with Crippen molar-refractivity contribution >= 4 is 5.69 Å². The lowest BCUT2D eigenvalue weighted by atomic mass is 10.2. The van der Waals surface area contributed by atoms with Crippen LogP contribution < -0.4 is 4.74 Å². The molecule has 0 saturated heterocycles. The predicted molar refractivity (Wildman–Crippen MR) is 65.8 cm³/mol. The zero-order valence-electron chi connectivity index (χ0n) is 10.7. The molecule has 0 aliphatic heterocycles. The average Bonchev–Trinajstić information content (AvgIpc) is 2.59. The number of halogens is 1. The second-order valence-electron chi connectivity index (χ2n) is 4.13. The van der Waals surface area contributed by atoms with Gasteiger partial charge in [0, 0.05) is 13.1 Å². The van der Waals surface area contributed by atoms with Crippen LogP contribution >= 0.6 is 0 Å². The first-order chi connectivity index (χ1) is 8.90. The number of aryl methyl sites for hydroxylation is 3. The first kappa shape index (κ1) is 13.0. The Morgan fingerprint density at radius 2 is 2.11 bits per heavy atom. The molecule has 19 heavy (non-hydrogen) atoms. The van der Waals surface area contributed by atoms with Crippen molar-refractivity contribution in [2.75, 3.05) is 0 Å². The van der Waals surface area contributed by atoms with Gasteiger partial charge < -0.3 is 4.74 Å². The maximum absolute atomic E-state index is 13.4. The van der Waals surface area contributed by atoms with E-state index < -0.39 is 10.7 Å². The molecule has 0 aliphatic rings. The maximum Gasteiger partial charge on any atom is 0.353 e. The van der Waals surface area contributed by atoms with Gasteiger partial charge in [-0.1, -0.05) is 6.07 Å². The average molecular weight is 265 g/mol. The van der Waals surface area contributed by atoms with Crippen molar-refractivity contribution in [1.82, 2.24) is 9.78 Å². The zero-order chi connectivity index (χ0) is 14.2. The van der Waals surface area contributed by atoms with Gasteiger partial charge >= 0.3 is 5.69 Å². The molecule has 1 aromatic carbocycles. The van der Waals surface area contributed by atoms with Crippen LogP contribution in [0.4, 0.5) is 10.1 Å². The van der Waals surface area contributed by atoms with Crippen LogP contribution in [0.1, 0.15) is 11.3 Å². The van der Waals surface area contributed by atoms with Crippen LogP contribution in [0.15, 0.2) is 18.2 Å². The summed E-state index contributed by atoms with van der Waals surface area (Å²) in [5, 5.41) is 14.9. The van der Waals surface area contributed by atoms with Gasteiger partial charge in [-0.25, -0.2) is 9.07 Å². The van der Waals surface area contributed by atoms with E-state index in [-0.39, 0.29) is 23.0 Å². The van der Waals surface area contributed by atoms with Gasteiger partial charge in [0.25, 0.3) is 5.88 Å². The molecule has 7 heteroatoms. The van der Waals surface area contributed by atoms with E-state index in [1.54, 1.807) is 19.1 Å². The molecule has 100 valence electrons. The third-order valence-corrected chi connectivity index (χ3v) is 2.68. The SMILES string of the molecule is Cc1ccc(Oc2c([N+](=O)[O-])c(C)nn2C)cc1F. The lowest BCUT2D eigenvalue weighted by Crippen LogP contribution is -1.98. The normalized spacial score (nSPS) is 10.5. The fourth-order valence-corrected chi connectivity index (χ4v) is 1.70. The third-order valence-electron chi connectivity index (χ3n) is 2.68. The lowest BCUT2D eigenvalue weighted by molar-refractivity contribution is -0.386. The number of rotatable bonds is 3. The van der Waals surface area contributed by atoms with E-state index in [4.69, 9.17) is 4.74 Å². The van der Waals surface area contributed by atoms with Crippen molar-refractivity contribution in [3.05, 3.63) is 45.4 Å². The van der Waals surface area contributed by atoms with Crippen molar-refractivity contribution in [2.24, 2.45) is 7.05 Å². The Morgan fingerprint density at radius 1 is 1.42 bits per heavy atom. The van der Waals surface area contributed by atoms with Crippen molar-refractivity contribution in [3.63, 3.8) is 0 Å². The maximum atomic E-state index is 13.4. The van der Waals surface area contributed by atoms with E-state index in [0.717, 1.165) is 0 Å². The summed E-state index contributed by atoms with van der Waals surface area (Å²) in [6, 6.07) is 4.27. The largest absolute Gasteiger partial charge is 0.434 e. The van der Waals surface area contributed by atoms with Gasteiger partial charge in [-0.05, 0) is 25.5 Å². The minimum Gasteiger partial charge on any atom is -0.434 e. The van der Waals surface area contributed by atoms with Gasteiger partial charge in [-0.15, -0.1) is 0 Å². The molecule has 1 aromatic heterocycles. The van der Waals surface area contributed by atoms with Crippen LogP contribution in [0, 0.1) is 29.8 Å². The fourth-order valence-electron chi connectivity index (χ4n) is 1.70. The van der Waals surface area contributed by atoms with Gasteiger partial charge in [0.15, 0.2) is 0 Å². The number of ether oxygens (including phenoxy) is 1. The third kappa shape index (κ3) is 2.40. The molecule has 0 radical (unpaired) electrons. The molecule has 0 N–H and O–H groups in total. The summed E-state index contributed by atoms with van der Waals surface area (Å²) in [6.07, 6.45) is 0. The van der Waals surface area contributed by atoms with Gasteiger partial charge in [0.2, 0.25) is 0 Å². The smallest absolute Gasteiger partial charge is 0.353 e. The van der Waals surface area contributed by atoms with Crippen molar-refractivity contribution in [3.8, 4) is 11.6 Å². The molecular weight excluding hydrogens is 253 g/mol. The first-order valence-corrected chi connectivity index (χ1v) is 5.52. The first-order valence-electron chi connectivity index (χ1n) is 5.52. The standard InChI is InChI=1S/C12H12FN3O3/c1-7-4-5-9(6-10(7)13)19-12-11(16(17)18)8(2)14-15(12)3/h4-6H,1-3H3. The number of nitro groups is 1. The lowest BCUT2D eigenvalue weighted by Gasteiger charge is -2.06. The molecule has 1 heterocycles. The van der Waals surface area contributed by atoms with Crippen LogP contribution in [0.25, 0.3) is 0 Å². The minimum absolute atomic E-state index is 0.0225. The van der Waals surface area contributed by atoms with Crippen LogP contribution in [0.2, 0.25) is 0 Å². The molecule has 6 nitrogen and oxygen atoms in total. The van der Waals surface area contributed by atoms with E-state index >= 15 is 0 Å². The summed E-state index contributed by atoms with van der Waals surface area (Å²) in [7, 11) is 1.53. The van der Waals surface area contributed by atoms with E-state index in [9.17, 15) is 14.5 Å². The Kier molecular flexibility index (Phi) is 3.20. The number of benzene rings is 1. The highest BCUT2D eigenvalue weighted by Gasteiger charge is 2.26. The highest BCUT2D eigenvalue weighted by atomic mass is 19.1. The molecule has 2 rings (SSSR count). The molecule has 0 saturated carbocycles. The summed E-state index contributed by atoms with van der Waals surface area (Å²) in [6.45, 7) is 3.14. The Morgan fingerprint density at radius 3 is 2.68 bits per heavy atom. The Balaban J connectivity index is 2.43. The molecule has 0 bridgehead atoms. The number of nitrogens with zero attached hydrogens (tertiary/aromatic N) is 3. The molecule has 0 atom stereocenters. The zero-order valence-corrected chi connectivity index (χ0v) is 10.7. The summed E-state index contributed by atoms with van der Waals surface area (Å²) in [5.41, 5.74) is 0.501. The van der Waals surface area contributed by atoms with E-state index in [2.05, 4.69) is 5.10 Å². The molecule has 0 spiro atoms. The van der Waals surface area contributed by atoms with Crippen molar-refractivity contribution in [2.45, 2.75) is 13.8 Å². The van der Waals surface area contributed by atoms with Crippen LogP contribution in [-0.4, -0.2) is 14.7 Å². The second-order valence-corrected chi connectivity index (χ2v) is 4.13. The topological polar surface area (TPSA) is 70.2 Å². The highest BCUT2D eigenvalue weighted by Crippen LogP contribution is 2.33. The van der Waals surface area contributed by atoms with Crippen molar-refractivity contribution < 1.29 is 14.1 Å². The summed E-state index contributed by atoms with van der Waals surface area (Å²) < 4.78 is 20.0. The van der Waals surface area contributed by atoms with Gasteiger partial charge in [-0.3, -0.25) is 10.1 Å². The number of hydrogen-bond donors (Lipinski definition) is 0. The van der Waals surface area contributed by atoms with Gasteiger partial charge in [0.1, 0.15) is 17.3 Å². The van der Waals surface area contributed by atoms with Crippen LogP contribution in [0.3, 0.4) is 0 Å². The Bertz CT molecular complexity index is 652. The van der Waals surface area contributed by atoms with Gasteiger partial charge in [0.05, 0.1) is 4.92 Å². The highest BCUT2D eigenvalue weighted by molar-refractivity contribution is 5.47. The number of hydrogen-bond acceptors (Lipinski definition) is 4. The predicted octanol–water partition coefficient (Wildman–Crippen LogP) is 2.88. The van der Waals surface area contributed by atoms with E-state index in [1.807, 2.05) is 0 Å². The summed E-state index contributed by atoms with van der Waals surface area (Å²) >= 11 is 0. The molecule has 2 aromatic rings. The summed E-state index contributed by atoms with van der Waals surface area (Å²) in [5.74, 6) is -0.265. The van der Waals surface area contributed by atoms with E-state index in [1.165, 1.54) is 24.7 Å². The summed E-state index contributed by atoms with van der Waals surface area (Å²) in [4.78, 5) is 10.4. The number of aromatic nitrogens is 2. The second kappa shape index (κ2) is 4.68. The molecule has 0 fully saturated rings. The van der Waals surface area contributed by atoms with E-state index in [0.29, 0.717) is 5.56 Å². The molecule has 0 amide bonds.